The van der Waals surface area contributed by atoms with Gasteiger partial charge in [-0.2, -0.15) is 0 Å². The zero-order valence-electron chi connectivity index (χ0n) is 16.6. The molecule has 1 aromatic rings. The zero-order valence-corrected chi connectivity index (χ0v) is 17.5. The topological polar surface area (TPSA) is 125 Å². The second-order valence-corrected chi connectivity index (χ2v) is 10.5. The summed E-state index contributed by atoms with van der Waals surface area (Å²) in [6, 6.07) is 4.98. The van der Waals surface area contributed by atoms with Crippen LogP contribution < -0.4 is 16.0 Å². The fraction of sp³-hybridized carbons (Fsp3) is 0.550. The zero-order chi connectivity index (χ0) is 21.3. The van der Waals surface area contributed by atoms with Gasteiger partial charge in [0, 0.05) is 38.2 Å². The van der Waals surface area contributed by atoms with Gasteiger partial charge in [-0.1, -0.05) is 12.1 Å². The Kier molecular flexibility index (Phi) is 5.90. The number of imide groups is 1. The number of carbonyl (C=O) groups is 3. The molecule has 0 radical (unpaired) electrons. The first-order valence-corrected chi connectivity index (χ1v) is 12.0. The molecule has 1 aromatic carbocycles. The van der Waals surface area contributed by atoms with E-state index in [1.807, 2.05) is 12.1 Å². The minimum atomic E-state index is -3.01. The number of hydrogen-bond donors (Lipinski definition) is 3. The van der Waals surface area contributed by atoms with Crippen LogP contribution in [0.2, 0.25) is 0 Å². The summed E-state index contributed by atoms with van der Waals surface area (Å²) in [4.78, 5) is 37.7. The summed E-state index contributed by atoms with van der Waals surface area (Å²) in [6.45, 7) is 2.53. The Balaban J connectivity index is 1.33. The fourth-order valence-corrected chi connectivity index (χ4v) is 5.90. The monoisotopic (exact) mass is 434 g/mol. The van der Waals surface area contributed by atoms with Crippen molar-refractivity contribution >= 4 is 27.6 Å². The lowest BCUT2D eigenvalue weighted by Gasteiger charge is -2.29. The van der Waals surface area contributed by atoms with E-state index in [-0.39, 0.29) is 29.2 Å². The first-order valence-electron chi connectivity index (χ1n) is 10.2. The van der Waals surface area contributed by atoms with E-state index in [1.165, 1.54) is 4.90 Å². The predicted molar refractivity (Wildman–Crippen MR) is 109 cm³/mol. The van der Waals surface area contributed by atoms with Gasteiger partial charge >= 0.3 is 0 Å². The predicted octanol–water partition coefficient (Wildman–Crippen LogP) is -0.686. The maximum absolute atomic E-state index is 12.7. The molecule has 3 N–H and O–H groups in total. The maximum Gasteiger partial charge on any atom is 0.255 e. The number of hydrogen-bond acceptors (Lipinski definition) is 7. The van der Waals surface area contributed by atoms with Crippen molar-refractivity contribution in [3.8, 4) is 0 Å². The average Bonchev–Trinajstić information content (AvgIpc) is 3.02. The highest BCUT2D eigenvalue weighted by Crippen LogP contribution is 2.28. The smallest absolute Gasteiger partial charge is 0.255 e. The van der Waals surface area contributed by atoms with Crippen LogP contribution in [0.1, 0.15) is 40.7 Å². The summed E-state index contributed by atoms with van der Waals surface area (Å²) < 4.78 is 24.1. The van der Waals surface area contributed by atoms with Gasteiger partial charge in [-0.25, -0.2) is 8.42 Å². The summed E-state index contributed by atoms with van der Waals surface area (Å²) in [5.41, 5.74) is 2.45. The standard InChI is InChI=1S/C20H26N4O5S/c25-18-4-3-17(19(26)23-18)24-12-14-9-13(1-2-16(14)20(24)27)10-21-6-5-15-11-22-7-8-30(15,28)29/h1-2,9,15,17,21-22H,3-8,10-12H2,(H,23,25,26). The molecule has 162 valence electrons. The number of nitrogens with one attached hydrogen (secondary N) is 3. The number of nitrogens with zero attached hydrogens (tertiary/aromatic N) is 1. The SMILES string of the molecule is O=C1CCC(N2Cc3cc(CNCCC4CNCCS4(=O)=O)ccc3C2=O)C(=O)N1. The average molecular weight is 435 g/mol. The van der Waals surface area contributed by atoms with Gasteiger partial charge in [-0.15, -0.1) is 0 Å². The Hall–Kier alpha value is -2.30. The minimum absolute atomic E-state index is 0.186. The number of carbonyl (C=O) groups excluding carboxylic acids is 3. The maximum atomic E-state index is 12.7. The third-order valence-electron chi connectivity index (χ3n) is 6.00. The molecule has 0 saturated carbocycles. The molecule has 3 aliphatic rings. The molecule has 0 bridgehead atoms. The van der Waals surface area contributed by atoms with E-state index in [9.17, 15) is 22.8 Å². The second kappa shape index (κ2) is 8.44. The highest BCUT2D eigenvalue weighted by molar-refractivity contribution is 7.92. The van der Waals surface area contributed by atoms with Crippen molar-refractivity contribution < 1.29 is 22.8 Å². The molecule has 0 aromatic heterocycles. The summed E-state index contributed by atoms with van der Waals surface area (Å²) in [5, 5.41) is 8.37. The van der Waals surface area contributed by atoms with Crippen LogP contribution in [-0.4, -0.2) is 67.7 Å². The number of amides is 3. The van der Waals surface area contributed by atoms with Crippen LogP contribution in [0.3, 0.4) is 0 Å². The van der Waals surface area contributed by atoms with Gasteiger partial charge in [0.1, 0.15) is 6.04 Å². The molecule has 4 rings (SSSR count). The number of piperidine rings is 1. The first-order chi connectivity index (χ1) is 14.3. The molecule has 2 unspecified atom stereocenters. The van der Waals surface area contributed by atoms with Crippen LogP contribution in [0.5, 0.6) is 0 Å². The van der Waals surface area contributed by atoms with Gasteiger partial charge in [0.15, 0.2) is 9.84 Å². The molecular weight excluding hydrogens is 408 g/mol. The molecular formula is C20H26N4O5S. The summed E-state index contributed by atoms with van der Waals surface area (Å²) in [7, 11) is -3.01. The van der Waals surface area contributed by atoms with Crippen molar-refractivity contribution in [1.29, 1.82) is 0 Å². The lowest BCUT2D eigenvalue weighted by molar-refractivity contribution is -0.136. The van der Waals surface area contributed by atoms with E-state index < -0.39 is 21.8 Å². The summed E-state index contributed by atoms with van der Waals surface area (Å²) >= 11 is 0. The van der Waals surface area contributed by atoms with E-state index in [2.05, 4.69) is 16.0 Å². The summed E-state index contributed by atoms with van der Waals surface area (Å²) in [5.74, 6) is -0.707. The van der Waals surface area contributed by atoms with Gasteiger partial charge < -0.3 is 15.5 Å². The highest BCUT2D eigenvalue weighted by Gasteiger charge is 2.39. The Labute approximate surface area is 175 Å². The molecule has 10 heteroatoms. The van der Waals surface area contributed by atoms with Crippen LogP contribution in [0, 0.1) is 0 Å². The molecule has 0 aliphatic carbocycles. The minimum Gasteiger partial charge on any atom is -0.322 e. The van der Waals surface area contributed by atoms with E-state index in [0.717, 1.165) is 11.1 Å². The van der Waals surface area contributed by atoms with Crippen molar-refractivity contribution in [3.05, 3.63) is 34.9 Å². The third kappa shape index (κ3) is 4.26. The summed E-state index contributed by atoms with van der Waals surface area (Å²) in [6.07, 6.45) is 1.14. The Morgan fingerprint density at radius 1 is 1.20 bits per heavy atom. The van der Waals surface area contributed by atoms with Crippen LogP contribution in [0.4, 0.5) is 0 Å². The highest BCUT2D eigenvalue weighted by atomic mass is 32.2. The quantitative estimate of drug-likeness (QED) is 0.400. The Morgan fingerprint density at radius 2 is 2.03 bits per heavy atom. The molecule has 2 atom stereocenters. The molecule has 30 heavy (non-hydrogen) atoms. The van der Waals surface area contributed by atoms with Crippen LogP contribution in [-0.2, 0) is 32.5 Å². The van der Waals surface area contributed by atoms with Crippen molar-refractivity contribution in [2.75, 3.05) is 25.4 Å². The van der Waals surface area contributed by atoms with E-state index in [4.69, 9.17) is 0 Å². The molecule has 3 heterocycles. The van der Waals surface area contributed by atoms with Gasteiger partial charge in [0.2, 0.25) is 11.8 Å². The molecule has 3 aliphatic heterocycles. The van der Waals surface area contributed by atoms with E-state index in [1.54, 1.807) is 6.07 Å². The fourth-order valence-electron chi connectivity index (χ4n) is 4.29. The van der Waals surface area contributed by atoms with E-state index in [0.29, 0.717) is 51.1 Å². The molecule has 0 spiro atoms. The first kappa shape index (κ1) is 21.0. The number of rotatable bonds is 6. The number of sulfone groups is 1. The van der Waals surface area contributed by atoms with Crippen LogP contribution >= 0.6 is 0 Å². The lowest BCUT2D eigenvalue weighted by Crippen LogP contribution is -2.52. The number of fused-ring (bicyclic) bond motifs is 1. The van der Waals surface area contributed by atoms with Crippen molar-refractivity contribution in [3.63, 3.8) is 0 Å². The Bertz CT molecular complexity index is 977. The van der Waals surface area contributed by atoms with Crippen molar-refractivity contribution in [2.45, 2.75) is 43.6 Å². The molecule has 2 saturated heterocycles. The van der Waals surface area contributed by atoms with E-state index >= 15 is 0 Å². The van der Waals surface area contributed by atoms with Crippen molar-refractivity contribution in [1.82, 2.24) is 20.9 Å². The lowest BCUT2D eigenvalue weighted by atomic mass is 10.0. The number of benzene rings is 1. The van der Waals surface area contributed by atoms with Crippen molar-refractivity contribution in [2.24, 2.45) is 0 Å². The van der Waals surface area contributed by atoms with Gasteiger partial charge in [-0.3, -0.25) is 19.7 Å². The second-order valence-electron chi connectivity index (χ2n) is 8.05. The molecule has 3 amide bonds. The largest absolute Gasteiger partial charge is 0.322 e. The molecule has 9 nitrogen and oxygen atoms in total. The van der Waals surface area contributed by atoms with Crippen LogP contribution in [0.25, 0.3) is 0 Å². The Morgan fingerprint density at radius 3 is 2.80 bits per heavy atom. The van der Waals surface area contributed by atoms with Gasteiger partial charge in [0.05, 0.1) is 11.0 Å². The molecule has 2 fully saturated rings. The van der Waals surface area contributed by atoms with Gasteiger partial charge in [0.25, 0.3) is 5.91 Å². The van der Waals surface area contributed by atoms with Crippen LogP contribution in [0.15, 0.2) is 18.2 Å². The van der Waals surface area contributed by atoms with Gasteiger partial charge in [-0.05, 0) is 36.6 Å². The normalized spacial score (nSPS) is 25.9. The third-order valence-corrected chi connectivity index (χ3v) is 8.19.